The van der Waals surface area contributed by atoms with Crippen molar-refractivity contribution in [3.63, 3.8) is 0 Å². The van der Waals surface area contributed by atoms with E-state index in [0.717, 1.165) is 0 Å². The summed E-state index contributed by atoms with van der Waals surface area (Å²) in [5.41, 5.74) is 1.01. The van der Waals surface area contributed by atoms with Crippen LogP contribution in [0, 0.1) is 0 Å². The van der Waals surface area contributed by atoms with Gasteiger partial charge >= 0.3 is 5.97 Å². The minimum Gasteiger partial charge on any atom is -0.497 e. The lowest BCUT2D eigenvalue weighted by atomic mass is 10.1. The van der Waals surface area contributed by atoms with Gasteiger partial charge in [0, 0.05) is 11.3 Å². The molecule has 8 heteroatoms. The summed E-state index contributed by atoms with van der Waals surface area (Å²) in [5.74, 6) is -0.154. The molecule has 0 heterocycles. The number of methoxy groups -OCH3 is 1. The van der Waals surface area contributed by atoms with E-state index in [1.54, 1.807) is 73.5 Å². The van der Waals surface area contributed by atoms with Crippen molar-refractivity contribution in [2.24, 2.45) is 0 Å². The van der Waals surface area contributed by atoms with Crippen LogP contribution in [0.3, 0.4) is 0 Å². The number of rotatable bonds is 10. The molecule has 0 radical (unpaired) electrons. The van der Waals surface area contributed by atoms with Gasteiger partial charge < -0.3 is 20.1 Å². The van der Waals surface area contributed by atoms with Gasteiger partial charge in [-0.15, -0.1) is 0 Å². The number of ether oxygens (including phenoxy) is 2. The molecule has 1 atom stereocenters. The summed E-state index contributed by atoms with van der Waals surface area (Å²) in [5, 5.41) is 5.32. The number of thioether (sulfide) groups is 1. The Morgan fingerprint density at radius 1 is 1.03 bits per heavy atom. The fourth-order valence-electron chi connectivity index (χ4n) is 2.42. The average Bonchev–Trinajstić information content (AvgIpc) is 2.76. The first kappa shape index (κ1) is 22.3. The van der Waals surface area contributed by atoms with E-state index in [4.69, 9.17) is 9.47 Å². The molecule has 2 aromatic carbocycles. The highest BCUT2D eigenvalue weighted by molar-refractivity contribution is 7.98. The first-order chi connectivity index (χ1) is 14.0. The van der Waals surface area contributed by atoms with E-state index in [1.807, 2.05) is 6.26 Å². The van der Waals surface area contributed by atoms with Crippen molar-refractivity contribution >= 4 is 35.2 Å². The second kappa shape index (κ2) is 11.8. The third-order valence-corrected chi connectivity index (χ3v) is 4.60. The number of carbonyl (C=O) groups is 3. The van der Waals surface area contributed by atoms with Gasteiger partial charge in [0.1, 0.15) is 11.8 Å². The molecule has 0 saturated carbocycles. The Morgan fingerprint density at radius 3 is 2.34 bits per heavy atom. The van der Waals surface area contributed by atoms with E-state index in [9.17, 15) is 14.4 Å². The molecule has 154 valence electrons. The molecule has 0 spiro atoms. The number of nitrogens with one attached hydrogen (secondary N) is 2. The second-order valence-corrected chi connectivity index (χ2v) is 7.04. The largest absolute Gasteiger partial charge is 0.497 e. The molecule has 0 bridgehead atoms. The van der Waals surface area contributed by atoms with Crippen LogP contribution in [0.5, 0.6) is 5.75 Å². The van der Waals surface area contributed by atoms with Crippen LogP contribution < -0.4 is 15.4 Å². The Morgan fingerprint density at radius 2 is 1.72 bits per heavy atom. The summed E-state index contributed by atoms with van der Waals surface area (Å²) < 4.78 is 10.2. The molecular weight excluding hydrogens is 392 g/mol. The first-order valence-corrected chi connectivity index (χ1v) is 10.4. The fraction of sp³-hybridized carbons (Fsp3) is 0.286. The van der Waals surface area contributed by atoms with Crippen LogP contribution in [0.2, 0.25) is 0 Å². The molecule has 7 nitrogen and oxygen atoms in total. The smallest absolute Gasteiger partial charge is 0.329 e. The van der Waals surface area contributed by atoms with E-state index >= 15 is 0 Å². The zero-order chi connectivity index (χ0) is 21.1. The zero-order valence-corrected chi connectivity index (χ0v) is 17.2. The van der Waals surface area contributed by atoms with Gasteiger partial charge in [0.05, 0.1) is 7.11 Å². The molecule has 0 aliphatic rings. The van der Waals surface area contributed by atoms with Crippen LogP contribution in [0.4, 0.5) is 5.69 Å². The highest BCUT2D eigenvalue weighted by atomic mass is 32.2. The van der Waals surface area contributed by atoms with Gasteiger partial charge in [-0.3, -0.25) is 9.59 Å². The van der Waals surface area contributed by atoms with E-state index < -0.39 is 24.5 Å². The van der Waals surface area contributed by atoms with Crippen molar-refractivity contribution in [2.75, 3.05) is 31.0 Å². The molecule has 0 aliphatic heterocycles. The van der Waals surface area contributed by atoms with Crippen molar-refractivity contribution < 1.29 is 23.9 Å². The molecule has 0 aliphatic carbocycles. The Kier molecular flexibility index (Phi) is 9.04. The third-order valence-electron chi connectivity index (χ3n) is 3.96. The lowest BCUT2D eigenvalue weighted by Crippen LogP contribution is -2.43. The molecule has 0 aromatic heterocycles. The van der Waals surface area contributed by atoms with Gasteiger partial charge in [0.15, 0.2) is 6.61 Å². The monoisotopic (exact) mass is 416 g/mol. The van der Waals surface area contributed by atoms with Crippen molar-refractivity contribution in [3.8, 4) is 5.75 Å². The van der Waals surface area contributed by atoms with Crippen LogP contribution in [0.25, 0.3) is 0 Å². The topological polar surface area (TPSA) is 93.7 Å². The minimum absolute atomic E-state index is 0.365. The molecular formula is C21H24N2O5S. The number of hydrogen-bond acceptors (Lipinski definition) is 6. The Bertz CT molecular complexity index is 812. The van der Waals surface area contributed by atoms with Gasteiger partial charge in [-0.25, -0.2) is 4.79 Å². The van der Waals surface area contributed by atoms with Crippen molar-refractivity contribution in [1.29, 1.82) is 0 Å². The van der Waals surface area contributed by atoms with E-state index in [-0.39, 0.29) is 5.91 Å². The number of esters is 1. The maximum absolute atomic E-state index is 12.4. The van der Waals surface area contributed by atoms with Gasteiger partial charge in [0.2, 0.25) is 0 Å². The summed E-state index contributed by atoms with van der Waals surface area (Å²) in [6.07, 6.45) is 2.31. The maximum Gasteiger partial charge on any atom is 0.329 e. The van der Waals surface area contributed by atoms with Gasteiger partial charge in [-0.1, -0.05) is 18.2 Å². The second-order valence-electron chi connectivity index (χ2n) is 6.06. The molecule has 2 amide bonds. The molecule has 2 aromatic rings. The summed E-state index contributed by atoms with van der Waals surface area (Å²) in [7, 11) is 1.55. The standard InChI is InChI=1S/C21H24N2O5S/c1-27-17-10-8-16(9-11-17)22-19(24)14-28-21(26)18(12-13-29-2)23-20(25)15-6-4-3-5-7-15/h3-11,18H,12-14H2,1-2H3,(H,22,24)(H,23,25)/t18-/m0/s1. The predicted molar refractivity (Wildman–Crippen MR) is 113 cm³/mol. The van der Waals surface area contributed by atoms with Gasteiger partial charge in [-0.2, -0.15) is 11.8 Å². The van der Waals surface area contributed by atoms with Crippen LogP contribution >= 0.6 is 11.8 Å². The number of anilines is 1. The van der Waals surface area contributed by atoms with Crippen molar-refractivity contribution in [1.82, 2.24) is 5.32 Å². The van der Waals surface area contributed by atoms with Gasteiger partial charge in [-0.05, 0) is 54.8 Å². The van der Waals surface area contributed by atoms with Crippen molar-refractivity contribution in [3.05, 3.63) is 60.2 Å². The molecule has 0 unspecified atom stereocenters. The fourth-order valence-corrected chi connectivity index (χ4v) is 2.90. The highest BCUT2D eigenvalue weighted by Crippen LogP contribution is 2.15. The molecule has 2 rings (SSSR count). The van der Waals surface area contributed by atoms with E-state index in [0.29, 0.717) is 29.2 Å². The quantitative estimate of drug-likeness (QED) is 0.579. The number of amides is 2. The summed E-state index contributed by atoms with van der Waals surface area (Å²) in [6.45, 7) is -0.443. The summed E-state index contributed by atoms with van der Waals surface area (Å²) in [6, 6.07) is 14.6. The number of hydrogen-bond donors (Lipinski definition) is 2. The van der Waals surface area contributed by atoms with Gasteiger partial charge in [0.25, 0.3) is 11.8 Å². The lowest BCUT2D eigenvalue weighted by Gasteiger charge is -2.17. The van der Waals surface area contributed by atoms with E-state index in [2.05, 4.69) is 10.6 Å². The molecule has 29 heavy (non-hydrogen) atoms. The number of carbonyl (C=O) groups excluding carboxylic acids is 3. The zero-order valence-electron chi connectivity index (χ0n) is 16.3. The van der Waals surface area contributed by atoms with E-state index in [1.165, 1.54) is 0 Å². The van der Waals surface area contributed by atoms with Crippen LogP contribution in [0.15, 0.2) is 54.6 Å². The average molecular weight is 416 g/mol. The predicted octanol–water partition coefficient (Wildman–Crippen LogP) is 2.73. The molecule has 0 fully saturated rings. The lowest BCUT2D eigenvalue weighted by molar-refractivity contribution is -0.149. The Balaban J connectivity index is 1.89. The summed E-state index contributed by atoms with van der Waals surface area (Å²) in [4.78, 5) is 36.8. The summed E-state index contributed by atoms with van der Waals surface area (Å²) >= 11 is 1.55. The normalized spacial score (nSPS) is 11.2. The van der Waals surface area contributed by atoms with Crippen LogP contribution in [-0.4, -0.2) is 49.6 Å². The van der Waals surface area contributed by atoms with Crippen LogP contribution in [-0.2, 0) is 14.3 Å². The maximum atomic E-state index is 12.4. The highest BCUT2D eigenvalue weighted by Gasteiger charge is 2.23. The Labute approximate surface area is 174 Å². The SMILES string of the molecule is COc1ccc(NC(=O)COC(=O)[C@H](CCSC)NC(=O)c2ccccc2)cc1. The molecule has 0 saturated heterocycles. The minimum atomic E-state index is -0.830. The Hall–Kier alpha value is -3.00. The third kappa shape index (κ3) is 7.50. The number of benzene rings is 2. The van der Waals surface area contributed by atoms with Crippen molar-refractivity contribution in [2.45, 2.75) is 12.5 Å². The first-order valence-electron chi connectivity index (χ1n) is 8.99. The van der Waals surface area contributed by atoms with Crippen LogP contribution in [0.1, 0.15) is 16.8 Å². The molecule has 2 N–H and O–H groups in total.